The Morgan fingerprint density at radius 1 is 0.897 bits per heavy atom. The van der Waals surface area contributed by atoms with Crippen LogP contribution >= 0.6 is 0 Å². The van der Waals surface area contributed by atoms with Gasteiger partial charge in [0.05, 0.1) is 12.5 Å². The van der Waals surface area contributed by atoms with Gasteiger partial charge in [-0.3, -0.25) is 14.4 Å². The van der Waals surface area contributed by atoms with Crippen LogP contribution in [0.5, 0.6) is 0 Å². The third-order valence-corrected chi connectivity index (χ3v) is 4.48. The van der Waals surface area contributed by atoms with Crippen LogP contribution in [0.3, 0.4) is 0 Å². The van der Waals surface area contributed by atoms with Crippen molar-refractivity contribution in [2.24, 2.45) is 5.73 Å². The third kappa shape index (κ3) is 8.15. The van der Waals surface area contributed by atoms with Crippen molar-refractivity contribution in [2.75, 3.05) is 6.54 Å². The van der Waals surface area contributed by atoms with E-state index < -0.39 is 29.9 Å². The largest absolute Gasteiger partial charge is 0.481 e. The van der Waals surface area contributed by atoms with Crippen molar-refractivity contribution >= 4 is 17.8 Å². The molecule has 0 aliphatic heterocycles. The number of hydrogen-bond acceptors (Lipinski definition) is 4. The molecule has 0 aliphatic rings. The summed E-state index contributed by atoms with van der Waals surface area (Å²) < 4.78 is 0. The smallest absolute Gasteiger partial charge is 0.305 e. The molecule has 0 aromatic heterocycles. The number of carbonyl (C=O) groups is 3. The van der Waals surface area contributed by atoms with Crippen molar-refractivity contribution in [2.45, 2.75) is 37.8 Å². The Labute approximate surface area is 170 Å². The van der Waals surface area contributed by atoms with Crippen molar-refractivity contribution in [1.29, 1.82) is 0 Å². The maximum absolute atomic E-state index is 12.5. The second kappa shape index (κ2) is 11.6. The minimum atomic E-state index is -1.00. The van der Waals surface area contributed by atoms with Crippen molar-refractivity contribution in [3.05, 3.63) is 71.8 Å². The molecule has 0 heterocycles. The van der Waals surface area contributed by atoms with E-state index in [2.05, 4.69) is 10.6 Å². The van der Waals surface area contributed by atoms with Crippen LogP contribution in [0.2, 0.25) is 0 Å². The molecule has 0 fully saturated rings. The van der Waals surface area contributed by atoms with E-state index >= 15 is 0 Å². The van der Waals surface area contributed by atoms with E-state index in [0.717, 1.165) is 11.1 Å². The molecule has 0 aliphatic carbocycles. The van der Waals surface area contributed by atoms with Gasteiger partial charge in [-0.15, -0.1) is 0 Å². The molecule has 0 spiro atoms. The number of amides is 2. The lowest BCUT2D eigenvalue weighted by Crippen LogP contribution is -2.52. The van der Waals surface area contributed by atoms with Gasteiger partial charge in [0.15, 0.2) is 0 Å². The molecule has 0 saturated heterocycles. The second-order valence-corrected chi connectivity index (χ2v) is 6.82. The average Bonchev–Trinajstić information content (AvgIpc) is 2.72. The van der Waals surface area contributed by atoms with E-state index in [1.807, 2.05) is 60.7 Å². The van der Waals surface area contributed by atoms with Gasteiger partial charge in [-0.25, -0.2) is 0 Å². The molecule has 2 aromatic rings. The van der Waals surface area contributed by atoms with Crippen LogP contribution in [0.1, 0.15) is 24.0 Å². The van der Waals surface area contributed by atoms with Gasteiger partial charge >= 0.3 is 5.97 Å². The van der Waals surface area contributed by atoms with E-state index in [-0.39, 0.29) is 19.4 Å². The standard InChI is InChI=1S/C22H27N3O4/c23-18(12-11-16-7-3-1-4-8-16)21(28)25-19(15-17-9-5-2-6-10-17)22(29)24-14-13-20(26)27/h1-10,18-19H,11-15,23H2,(H,24,29)(H,25,28)(H,26,27). The van der Waals surface area contributed by atoms with Crippen molar-refractivity contribution in [1.82, 2.24) is 10.6 Å². The highest BCUT2D eigenvalue weighted by atomic mass is 16.4. The molecule has 0 radical (unpaired) electrons. The van der Waals surface area contributed by atoms with Crippen LogP contribution < -0.4 is 16.4 Å². The van der Waals surface area contributed by atoms with Gasteiger partial charge in [0.25, 0.3) is 0 Å². The Balaban J connectivity index is 1.95. The Hall–Kier alpha value is -3.19. The zero-order valence-corrected chi connectivity index (χ0v) is 16.2. The summed E-state index contributed by atoms with van der Waals surface area (Å²) in [6.07, 6.45) is 1.21. The first-order valence-corrected chi connectivity index (χ1v) is 9.59. The number of nitrogens with two attached hydrogens (primary N) is 1. The van der Waals surface area contributed by atoms with Crippen molar-refractivity contribution < 1.29 is 19.5 Å². The van der Waals surface area contributed by atoms with Crippen LogP contribution in [0, 0.1) is 0 Å². The van der Waals surface area contributed by atoms with Crippen LogP contribution in [0.4, 0.5) is 0 Å². The molecule has 2 unspecified atom stereocenters. The molecule has 0 bridgehead atoms. The Morgan fingerprint density at radius 3 is 2.07 bits per heavy atom. The summed E-state index contributed by atoms with van der Waals surface area (Å²) in [5, 5.41) is 14.0. The number of nitrogens with one attached hydrogen (secondary N) is 2. The second-order valence-electron chi connectivity index (χ2n) is 6.82. The summed E-state index contributed by atoms with van der Waals surface area (Å²) in [6, 6.07) is 17.4. The first-order valence-electron chi connectivity index (χ1n) is 9.59. The monoisotopic (exact) mass is 397 g/mol. The normalized spacial score (nSPS) is 12.6. The zero-order chi connectivity index (χ0) is 21.1. The summed E-state index contributed by atoms with van der Waals surface area (Å²) in [4.78, 5) is 35.7. The lowest BCUT2D eigenvalue weighted by Gasteiger charge is -2.21. The molecular weight excluding hydrogens is 370 g/mol. The molecule has 154 valence electrons. The van der Waals surface area contributed by atoms with Gasteiger partial charge in [0, 0.05) is 13.0 Å². The molecule has 29 heavy (non-hydrogen) atoms. The number of carboxylic acids is 1. The molecule has 7 nitrogen and oxygen atoms in total. The Bertz CT molecular complexity index is 796. The SMILES string of the molecule is NC(CCc1ccccc1)C(=O)NC(Cc1ccccc1)C(=O)NCCC(=O)O. The molecule has 2 rings (SSSR count). The lowest BCUT2D eigenvalue weighted by atomic mass is 10.0. The van der Waals surface area contributed by atoms with E-state index in [1.165, 1.54) is 0 Å². The van der Waals surface area contributed by atoms with Crippen molar-refractivity contribution in [3.8, 4) is 0 Å². The number of carboxylic acid groups (broad SMARTS) is 1. The average molecular weight is 397 g/mol. The lowest BCUT2D eigenvalue weighted by molar-refractivity contribution is -0.137. The highest BCUT2D eigenvalue weighted by Gasteiger charge is 2.24. The van der Waals surface area contributed by atoms with E-state index in [1.54, 1.807) is 0 Å². The maximum Gasteiger partial charge on any atom is 0.305 e. The Kier molecular flexibility index (Phi) is 8.85. The number of benzene rings is 2. The molecular formula is C22H27N3O4. The summed E-state index contributed by atoms with van der Waals surface area (Å²) in [5.41, 5.74) is 7.99. The minimum Gasteiger partial charge on any atom is -0.481 e. The van der Waals surface area contributed by atoms with E-state index in [4.69, 9.17) is 10.8 Å². The topological polar surface area (TPSA) is 122 Å². The van der Waals surface area contributed by atoms with Crippen LogP contribution in [0.15, 0.2) is 60.7 Å². The summed E-state index contributed by atoms with van der Waals surface area (Å²) in [5.74, 6) is -1.84. The number of aryl methyl sites for hydroxylation is 1. The molecule has 2 aromatic carbocycles. The summed E-state index contributed by atoms with van der Waals surface area (Å²) >= 11 is 0. The third-order valence-electron chi connectivity index (χ3n) is 4.48. The summed E-state index contributed by atoms with van der Waals surface area (Å²) in [7, 11) is 0. The number of carbonyl (C=O) groups excluding carboxylic acids is 2. The van der Waals surface area contributed by atoms with Crippen LogP contribution in [-0.4, -0.2) is 41.5 Å². The van der Waals surface area contributed by atoms with E-state index in [0.29, 0.717) is 12.8 Å². The highest BCUT2D eigenvalue weighted by Crippen LogP contribution is 2.07. The van der Waals surface area contributed by atoms with Gasteiger partial charge in [-0.1, -0.05) is 60.7 Å². The predicted molar refractivity (Wildman–Crippen MR) is 110 cm³/mol. The molecule has 7 heteroatoms. The van der Waals surface area contributed by atoms with E-state index in [9.17, 15) is 14.4 Å². The quantitative estimate of drug-likeness (QED) is 0.455. The first kappa shape index (κ1) is 22.1. The van der Waals surface area contributed by atoms with Crippen LogP contribution in [-0.2, 0) is 27.2 Å². The first-order chi connectivity index (χ1) is 14.0. The van der Waals surface area contributed by atoms with Crippen molar-refractivity contribution in [3.63, 3.8) is 0 Å². The van der Waals surface area contributed by atoms with Crippen LogP contribution in [0.25, 0.3) is 0 Å². The highest BCUT2D eigenvalue weighted by molar-refractivity contribution is 5.90. The predicted octanol–water partition coefficient (Wildman–Crippen LogP) is 1.26. The number of hydrogen-bond donors (Lipinski definition) is 4. The zero-order valence-electron chi connectivity index (χ0n) is 16.2. The maximum atomic E-state index is 12.5. The Morgan fingerprint density at radius 2 is 1.48 bits per heavy atom. The summed E-state index contributed by atoms with van der Waals surface area (Å²) in [6.45, 7) is -0.00458. The number of rotatable bonds is 11. The molecule has 5 N–H and O–H groups in total. The molecule has 2 atom stereocenters. The molecule has 0 saturated carbocycles. The fraction of sp³-hybridized carbons (Fsp3) is 0.318. The minimum absolute atomic E-state index is 0.00458. The number of aliphatic carboxylic acids is 1. The fourth-order valence-electron chi connectivity index (χ4n) is 2.85. The van der Waals surface area contributed by atoms with Gasteiger partial charge < -0.3 is 21.5 Å². The van der Waals surface area contributed by atoms with Gasteiger partial charge in [-0.2, -0.15) is 0 Å². The fourth-order valence-corrected chi connectivity index (χ4v) is 2.85. The molecule has 2 amide bonds. The van der Waals surface area contributed by atoms with Gasteiger partial charge in [0.1, 0.15) is 6.04 Å². The van der Waals surface area contributed by atoms with Gasteiger partial charge in [0.2, 0.25) is 11.8 Å². The van der Waals surface area contributed by atoms with Gasteiger partial charge in [-0.05, 0) is 24.0 Å².